The maximum Gasteiger partial charge on any atom is 0.248 e. The van der Waals surface area contributed by atoms with Crippen LogP contribution in [0.2, 0.25) is 0 Å². The van der Waals surface area contributed by atoms with Crippen LogP contribution in [0.4, 0.5) is 0 Å². The van der Waals surface area contributed by atoms with Crippen molar-refractivity contribution in [1.82, 2.24) is 25.1 Å². The average molecular weight is 349 g/mol. The highest BCUT2D eigenvalue weighted by Crippen LogP contribution is 2.18. The van der Waals surface area contributed by atoms with Gasteiger partial charge in [0.05, 0.1) is 11.9 Å². The fraction of sp³-hybridized carbons (Fsp3) is 0.231. The third-order valence-electron chi connectivity index (χ3n) is 2.91. The van der Waals surface area contributed by atoms with E-state index in [-0.39, 0.29) is 0 Å². The summed E-state index contributed by atoms with van der Waals surface area (Å²) in [4.78, 5) is 4.36. The molecule has 0 radical (unpaired) electrons. The number of rotatable bonds is 5. The normalized spacial score (nSPS) is 11.0. The molecule has 0 atom stereocenters. The van der Waals surface area contributed by atoms with Crippen LogP contribution in [0.25, 0.3) is 0 Å². The van der Waals surface area contributed by atoms with Crippen molar-refractivity contribution in [2.45, 2.75) is 19.5 Å². The Hall–Kier alpha value is -2.06. The topological polar surface area (TPSA) is 95.7 Å². The molecule has 3 aromatic rings. The molecule has 0 fully saturated rings. The first-order valence-corrected chi connectivity index (χ1v) is 7.18. The maximum absolute atomic E-state index is 5.49. The van der Waals surface area contributed by atoms with Crippen molar-refractivity contribution in [3.05, 3.63) is 57.9 Å². The summed E-state index contributed by atoms with van der Waals surface area (Å²) in [5.74, 6) is 1.13. The summed E-state index contributed by atoms with van der Waals surface area (Å²) in [5, 5.41) is 11.8. The van der Waals surface area contributed by atoms with E-state index in [4.69, 9.17) is 10.3 Å². The lowest BCUT2D eigenvalue weighted by Gasteiger charge is -1.99. The van der Waals surface area contributed by atoms with Crippen molar-refractivity contribution in [2.24, 2.45) is 5.73 Å². The highest BCUT2D eigenvalue weighted by atomic mass is 79.9. The molecule has 108 valence electrons. The van der Waals surface area contributed by atoms with E-state index in [0.29, 0.717) is 31.2 Å². The molecule has 3 rings (SSSR count). The predicted molar refractivity (Wildman–Crippen MR) is 78.3 cm³/mol. The van der Waals surface area contributed by atoms with Crippen molar-refractivity contribution < 1.29 is 4.52 Å². The van der Waals surface area contributed by atoms with Crippen molar-refractivity contribution in [3.8, 4) is 0 Å². The molecule has 2 heterocycles. The third kappa shape index (κ3) is 3.34. The predicted octanol–water partition coefficient (Wildman–Crippen LogP) is 1.52. The van der Waals surface area contributed by atoms with Gasteiger partial charge in [0, 0.05) is 17.4 Å². The van der Waals surface area contributed by atoms with Gasteiger partial charge in [-0.15, -0.1) is 5.10 Å². The number of benzene rings is 1. The first kappa shape index (κ1) is 13.9. The molecule has 2 aromatic heterocycles. The van der Waals surface area contributed by atoms with Crippen LogP contribution >= 0.6 is 15.9 Å². The first-order chi connectivity index (χ1) is 10.2. The zero-order chi connectivity index (χ0) is 14.7. The highest BCUT2D eigenvalue weighted by Gasteiger charge is 2.10. The summed E-state index contributed by atoms with van der Waals surface area (Å²) in [6.07, 6.45) is 2.37. The van der Waals surface area contributed by atoms with Crippen molar-refractivity contribution in [2.75, 3.05) is 0 Å². The number of nitrogens with zero attached hydrogens (tertiary/aromatic N) is 5. The van der Waals surface area contributed by atoms with Crippen LogP contribution in [-0.4, -0.2) is 25.1 Å². The highest BCUT2D eigenvalue weighted by molar-refractivity contribution is 9.10. The van der Waals surface area contributed by atoms with Gasteiger partial charge >= 0.3 is 0 Å². The van der Waals surface area contributed by atoms with Gasteiger partial charge in [-0.25, -0.2) is 4.68 Å². The zero-order valence-corrected chi connectivity index (χ0v) is 12.7. The second kappa shape index (κ2) is 6.15. The van der Waals surface area contributed by atoms with Crippen LogP contribution in [-0.2, 0) is 19.5 Å². The molecule has 0 aliphatic heterocycles. The Bertz CT molecular complexity index is 738. The molecule has 8 heteroatoms. The van der Waals surface area contributed by atoms with E-state index in [2.05, 4.69) is 36.4 Å². The van der Waals surface area contributed by atoms with Crippen LogP contribution in [0.1, 0.15) is 23.0 Å². The average Bonchev–Trinajstić information content (AvgIpc) is 3.11. The molecule has 21 heavy (non-hydrogen) atoms. The van der Waals surface area contributed by atoms with Crippen LogP contribution < -0.4 is 5.73 Å². The number of nitrogens with two attached hydrogens (primary N) is 1. The van der Waals surface area contributed by atoms with E-state index in [1.165, 1.54) is 0 Å². The van der Waals surface area contributed by atoms with Gasteiger partial charge < -0.3 is 10.3 Å². The zero-order valence-electron chi connectivity index (χ0n) is 11.1. The summed E-state index contributed by atoms with van der Waals surface area (Å²) in [7, 11) is 0. The molecule has 0 spiro atoms. The quantitative estimate of drug-likeness (QED) is 0.750. The van der Waals surface area contributed by atoms with E-state index in [1.807, 2.05) is 24.3 Å². The van der Waals surface area contributed by atoms with Crippen LogP contribution in [0.5, 0.6) is 0 Å². The Balaban J connectivity index is 1.70. The second-order valence-electron chi connectivity index (χ2n) is 4.48. The van der Waals surface area contributed by atoms with Gasteiger partial charge in [-0.3, -0.25) is 0 Å². The number of halogens is 1. The largest absolute Gasteiger partial charge is 0.337 e. The van der Waals surface area contributed by atoms with Crippen LogP contribution in [0, 0.1) is 0 Å². The Kier molecular flexibility index (Phi) is 4.07. The fourth-order valence-electron chi connectivity index (χ4n) is 1.89. The first-order valence-electron chi connectivity index (χ1n) is 6.38. The molecule has 0 aliphatic carbocycles. The van der Waals surface area contributed by atoms with Crippen molar-refractivity contribution >= 4 is 15.9 Å². The fourth-order valence-corrected chi connectivity index (χ4v) is 2.31. The third-order valence-corrected chi connectivity index (χ3v) is 3.68. The maximum atomic E-state index is 5.49. The van der Waals surface area contributed by atoms with E-state index in [1.54, 1.807) is 10.9 Å². The molecule has 2 N–H and O–H groups in total. The molecule has 1 aromatic carbocycles. The molecule has 7 nitrogen and oxygen atoms in total. The van der Waals surface area contributed by atoms with Gasteiger partial charge in [-0.2, -0.15) is 4.98 Å². The standard InChI is InChI=1S/C13H13BrN6O/c14-11-4-2-1-3-9(11)5-12-16-13(21-18-12)8-20-7-10(6-15)17-19-20/h1-4,7H,5-6,8,15H2. The summed E-state index contributed by atoms with van der Waals surface area (Å²) in [6.45, 7) is 0.743. The van der Waals surface area contributed by atoms with Crippen molar-refractivity contribution in [1.29, 1.82) is 0 Å². The van der Waals surface area contributed by atoms with E-state index in [9.17, 15) is 0 Å². The number of hydrogen-bond acceptors (Lipinski definition) is 6. The van der Waals surface area contributed by atoms with Gasteiger partial charge in [-0.05, 0) is 11.6 Å². The summed E-state index contributed by atoms with van der Waals surface area (Å²) >= 11 is 3.50. The summed E-state index contributed by atoms with van der Waals surface area (Å²) in [6, 6.07) is 7.95. The Morgan fingerprint density at radius 1 is 1.29 bits per heavy atom. The van der Waals surface area contributed by atoms with Gasteiger partial charge in [0.1, 0.15) is 6.54 Å². The number of hydrogen-bond donors (Lipinski definition) is 1. The smallest absolute Gasteiger partial charge is 0.248 e. The Morgan fingerprint density at radius 2 is 2.14 bits per heavy atom. The van der Waals surface area contributed by atoms with E-state index >= 15 is 0 Å². The summed E-state index contributed by atoms with van der Waals surface area (Å²) < 4.78 is 7.88. The summed E-state index contributed by atoms with van der Waals surface area (Å²) in [5.41, 5.74) is 7.32. The molecule has 0 saturated heterocycles. The minimum atomic E-state index is 0.358. The molecule has 0 amide bonds. The molecule has 0 aliphatic rings. The van der Waals surface area contributed by atoms with E-state index in [0.717, 1.165) is 15.7 Å². The lowest BCUT2D eigenvalue weighted by atomic mass is 10.1. The molecule has 0 saturated carbocycles. The Labute approximate surface area is 129 Å². The Morgan fingerprint density at radius 3 is 2.90 bits per heavy atom. The minimum Gasteiger partial charge on any atom is -0.337 e. The minimum absolute atomic E-state index is 0.358. The lowest BCUT2D eigenvalue weighted by Crippen LogP contribution is -2.01. The van der Waals surface area contributed by atoms with Gasteiger partial charge in [0.25, 0.3) is 0 Å². The lowest BCUT2D eigenvalue weighted by molar-refractivity contribution is 0.360. The van der Waals surface area contributed by atoms with Crippen LogP contribution in [0.15, 0.2) is 39.5 Å². The van der Waals surface area contributed by atoms with E-state index < -0.39 is 0 Å². The molecular formula is C13H13BrN6O. The van der Waals surface area contributed by atoms with Crippen molar-refractivity contribution in [3.63, 3.8) is 0 Å². The number of aromatic nitrogens is 5. The van der Waals surface area contributed by atoms with Gasteiger partial charge in [0.15, 0.2) is 5.82 Å². The van der Waals surface area contributed by atoms with Gasteiger partial charge in [0.2, 0.25) is 5.89 Å². The SMILES string of the molecule is NCc1cn(Cc2nc(Cc3ccccc3Br)no2)nn1. The van der Waals surface area contributed by atoms with Crippen LogP contribution in [0.3, 0.4) is 0 Å². The van der Waals surface area contributed by atoms with Gasteiger partial charge in [-0.1, -0.05) is 44.5 Å². The molecule has 0 bridgehead atoms. The monoisotopic (exact) mass is 348 g/mol. The molecule has 0 unspecified atom stereocenters. The molecular weight excluding hydrogens is 336 g/mol. The second-order valence-corrected chi connectivity index (χ2v) is 5.34.